The van der Waals surface area contributed by atoms with Crippen molar-refractivity contribution in [1.82, 2.24) is 10.2 Å². The fraction of sp³-hybridized carbons (Fsp3) is 0.550. The van der Waals surface area contributed by atoms with Gasteiger partial charge in [0.15, 0.2) is 5.78 Å². The summed E-state index contributed by atoms with van der Waals surface area (Å²) in [5.74, 6) is -7.45. The van der Waals surface area contributed by atoms with Crippen LogP contribution < -0.4 is 5.32 Å². The molecule has 0 spiro atoms. The molecule has 1 aromatic carbocycles. The van der Waals surface area contributed by atoms with Gasteiger partial charge < -0.3 is 15.3 Å². The Morgan fingerprint density at radius 1 is 1.54 bits per heavy atom. The van der Waals surface area contributed by atoms with E-state index in [1.54, 1.807) is 0 Å². The Labute approximate surface area is 170 Å². The number of nitrogens with zero attached hydrogens (tertiary/aromatic N) is 1. The summed E-state index contributed by atoms with van der Waals surface area (Å²) in [6, 6.07) is -6.28. The van der Waals surface area contributed by atoms with Crippen LogP contribution >= 0.6 is 0 Å². The minimum atomic E-state index is -3.03. The second kappa shape index (κ2) is 8.45. The van der Waals surface area contributed by atoms with E-state index in [1.165, 1.54) is 6.92 Å². The average molecular weight is 372 g/mol. The normalized spacial score (nSPS) is 33.2. The number of fused-ring (bicyclic) bond motifs is 1. The van der Waals surface area contributed by atoms with Crippen molar-refractivity contribution >= 4 is 17.6 Å². The largest absolute Gasteiger partial charge is 0.385 e. The molecular formula is C20H28N2O4. The van der Waals surface area contributed by atoms with E-state index in [9.17, 15) is 19.5 Å². The van der Waals surface area contributed by atoms with E-state index in [4.69, 9.17) is 15.1 Å². The fourth-order valence-electron chi connectivity index (χ4n) is 2.31. The van der Waals surface area contributed by atoms with E-state index in [-0.39, 0.29) is 0 Å². The first kappa shape index (κ1) is 9.65. The number of amides is 2. The third-order valence-corrected chi connectivity index (χ3v) is 3.91. The Bertz CT molecular complexity index is 1140. The quantitative estimate of drug-likeness (QED) is 0.793. The van der Waals surface area contributed by atoms with Crippen LogP contribution in [0.25, 0.3) is 0 Å². The number of benzene rings is 1. The molecule has 1 aromatic rings. The minimum absolute atomic E-state index is 0.673. The molecule has 0 bridgehead atoms. The third-order valence-electron chi connectivity index (χ3n) is 3.91. The van der Waals surface area contributed by atoms with Crippen LogP contribution in [0.5, 0.6) is 0 Å². The summed E-state index contributed by atoms with van der Waals surface area (Å²) in [6.45, 7) is -1.70. The maximum Gasteiger partial charge on any atom is 0.249 e. The Balaban J connectivity index is 2.53. The smallest absolute Gasteiger partial charge is 0.249 e. The monoisotopic (exact) mass is 371 g/mol. The van der Waals surface area contributed by atoms with Crippen LogP contribution in [-0.4, -0.2) is 47.3 Å². The maximum absolute atomic E-state index is 13.2. The number of aliphatic hydroxyl groups excluding tert-OH is 1. The number of hydrogen-bond acceptors (Lipinski definition) is 4. The summed E-state index contributed by atoms with van der Waals surface area (Å²) in [6.07, 6.45) is -5.59. The first-order valence-corrected chi connectivity index (χ1v) is 7.92. The van der Waals surface area contributed by atoms with Gasteiger partial charge in [-0.2, -0.15) is 0 Å². The zero-order valence-corrected chi connectivity index (χ0v) is 14.7. The van der Waals surface area contributed by atoms with E-state index in [1.807, 2.05) is 0 Å². The molecule has 26 heavy (non-hydrogen) atoms. The molecule has 0 saturated carbocycles. The van der Waals surface area contributed by atoms with Gasteiger partial charge in [0, 0.05) is 34.2 Å². The van der Waals surface area contributed by atoms with E-state index < -0.39 is 103 Å². The van der Waals surface area contributed by atoms with E-state index in [2.05, 4.69) is 5.32 Å². The van der Waals surface area contributed by atoms with Crippen LogP contribution in [0, 0.1) is 11.8 Å². The third kappa shape index (κ3) is 4.49. The number of rotatable bonds is 6. The van der Waals surface area contributed by atoms with E-state index in [0.717, 1.165) is 18.9 Å². The number of carbonyl (C=O) groups excluding carboxylic acids is 3. The summed E-state index contributed by atoms with van der Waals surface area (Å²) in [7, 11) is 1.13. The van der Waals surface area contributed by atoms with Crippen molar-refractivity contribution in [3.63, 3.8) is 0 Å². The zero-order chi connectivity index (χ0) is 29.0. The van der Waals surface area contributed by atoms with E-state index >= 15 is 0 Å². The van der Waals surface area contributed by atoms with Crippen molar-refractivity contribution in [3.05, 3.63) is 35.3 Å². The summed E-state index contributed by atoms with van der Waals surface area (Å²) in [5, 5.41) is 12.2. The lowest BCUT2D eigenvalue weighted by molar-refractivity contribution is -0.137. The zero-order valence-electron chi connectivity index (χ0n) is 25.7. The van der Waals surface area contributed by atoms with Crippen molar-refractivity contribution in [2.75, 3.05) is 13.6 Å². The molecule has 0 aliphatic carbocycles. The predicted molar refractivity (Wildman–Crippen MR) is 98.3 cm³/mol. The van der Waals surface area contributed by atoms with Crippen molar-refractivity contribution in [2.24, 2.45) is 11.8 Å². The second-order valence-corrected chi connectivity index (χ2v) is 6.11. The Morgan fingerprint density at radius 2 is 2.23 bits per heavy atom. The highest BCUT2D eigenvalue weighted by Gasteiger charge is 2.32. The van der Waals surface area contributed by atoms with Crippen molar-refractivity contribution < 1.29 is 34.6 Å². The lowest BCUT2D eigenvalue weighted by Crippen LogP contribution is -2.43. The molecule has 2 rings (SSSR count). The molecule has 4 atom stereocenters. The minimum Gasteiger partial charge on any atom is -0.385 e. The van der Waals surface area contributed by atoms with Crippen LogP contribution in [0.2, 0.25) is 0 Å². The van der Waals surface area contributed by atoms with Crippen LogP contribution in [0.4, 0.5) is 0 Å². The number of ketones is 1. The summed E-state index contributed by atoms with van der Waals surface area (Å²) in [5.41, 5.74) is -1.46. The highest BCUT2D eigenvalue weighted by molar-refractivity contribution is 5.92. The highest BCUT2D eigenvalue weighted by atomic mass is 16.3. The van der Waals surface area contributed by atoms with Crippen molar-refractivity contribution in [2.45, 2.75) is 45.6 Å². The molecule has 1 heterocycles. The van der Waals surface area contributed by atoms with Crippen molar-refractivity contribution in [3.8, 4) is 0 Å². The number of carbonyl (C=O) groups is 3. The van der Waals surface area contributed by atoms with Gasteiger partial charge in [0.2, 0.25) is 11.8 Å². The molecule has 1 unspecified atom stereocenters. The van der Waals surface area contributed by atoms with Crippen molar-refractivity contribution in [1.29, 1.82) is 0 Å². The molecule has 1 aliphatic rings. The fourth-order valence-corrected chi connectivity index (χ4v) is 2.31. The highest BCUT2D eigenvalue weighted by Crippen LogP contribution is 2.25. The molecule has 2 amide bonds. The molecule has 142 valence electrons. The van der Waals surface area contributed by atoms with Gasteiger partial charge in [-0.3, -0.25) is 14.4 Å². The molecule has 1 aliphatic heterocycles. The molecule has 0 radical (unpaired) electrons. The molecule has 6 heteroatoms. The number of likely N-dealkylation sites (N-methyl/N-ethyl adjacent to an activating group) is 1. The van der Waals surface area contributed by atoms with Gasteiger partial charge in [0.25, 0.3) is 0 Å². The van der Waals surface area contributed by atoms with Gasteiger partial charge >= 0.3 is 0 Å². The number of nitrogens with one attached hydrogen (secondary N) is 1. The van der Waals surface area contributed by atoms with Gasteiger partial charge in [-0.25, -0.2) is 0 Å². The lowest BCUT2D eigenvalue weighted by atomic mass is 9.94. The topological polar surface area (TPSA) is 86.7 Å². The van der Waals surface area contributed by atoms with Crippen LogP contribution in [0.3, 0.4) is 0 Å². The van der Waals surface area contributed by atoms with E-state index in [0.29, 0.717) is 0 Å². The first-order valence-electron chi connectivity index (χ1n) is 13.4. The predicted octanol–water partition coefficient (Wildman–Crippen LogP) is 1.47. The molecule has 2 N–H and O–H groups in total. The molecular weight excluding hydrogens is 332 g/mol. The molecule has 0 fully saturated rings. The number of aliphatic hydroxyl groups is 1. The van der Waals surface area contributed by atoms with Gasteiger partial charge in [0.05, 0.1) is 6.85 Å². The van der Waals surface area contributed by atoms with Crippen LogP contribution in [-0.2, 0) is 20.8 Å². The average Bonchev–Trinajstić information content (AvgIpc) is 2.81. The van der Waals surface area contributed by atoms with Gasteiger partial charge in [-0.1, -0.05) is 44.9 Å². The molecule has 6 nitrogen and oxygen atoms in total. The Kier molecular flexibility index (Phi) is 3.13. The first-order chi connectivity index (χ1) is 16.5. The molecule has 0 aromatic heterocycles. The lowest BCUT2D eigenvalue weighted by Gasteiger charge is -2.24. The molecule has 0 saturated heterocycles. The number of hydrogen-bond donors (Lipinski definition) is 2. The van der Waals surface area contributed by atoms with Gasteiger partial charge in [0.1, 0.15) is 12.1 Å². The van der Waals surface area contributed by atoms with Crippen LogP contribution in [0.1, 0.15) is 59.3 Å². The van der Waals surface area contributed by atoms with Crippen LogP contribution in [0.15, 0.2) is 24.2 Å². The SMILES string of the molecule is [2H]c1c([2H])c([2H])c2c(c1[2H])C([2H])([2H])CN(C)C(=O)[C@@]2([2H])NC(=O)[C@H](C)CC(=O)[C@@H](O)C([2H])(C)C([2H])([2H])[2H]. The number of Topliss-reactive ketones (excluding diaryl/α,β-unsaturated/α-hetero) is 1. The summed E-state index contributed by atoms with van der Waals surface area (Å²) in [4.78, 5) is 39.5. The Morgan fingerprint density at radius 3 is 2.92 bits per heavy atom. The van der Waals surface area contributed by atoms with Gasteiger partial charge in [-0.05, 0) is 23.4 Å². The standard InChI is InChI=1S/C20H28N2O4/c1-12(2)18(24)16(23)11-13(3)19(25)21-17-15-8-6-5-7-14(15)9-10-22(4)20(17)26/h5-8,12-13,17-18,24H,9-11H2,1-4H3,(H,21,25)/t13-,17+,18+/m1/s1/i1D3,5D,6D,7D,8D,9D2,12D,17D/t12?,13-,17+,18+. The summed E-state index contributed by atoms with van der Waals surface area (Å²) >= 11 is 0. The summed E-state index contributed by atoms with van der Waals surface area (Å²) < 4.78 is 87.8. The Hall–Kier alpha value is -2.21. The maximum atomic E-state index is 13.2. The second-order valence-electron chi connectivity index (χ2n) is 6.11. The van der Waals surface area contributed by atoms with Gasteiger partial charge in [-0.15, -0.1) is 0 Å².